The molecule has 0 aliphatic carbocycles. The second-order valence-electron chi connectivity index (χ2n) is 4.16. The molecule has 1 aliphatic rings. The van der Waals surface area contributed by atoms with Crippen LogP contribution in [0.4, 0.5) is 0 Å². The minimum absolute atomic E-state index is 0.00639. The monoisotopic (exact) mass is 259 g/mol. The third-order valence-corrected chi connectivity index (χ3v) is 4.22. The molecule has 6 heteroatoms. The number of imide groups is 1. The van der Waals surface area contributed by atoms with Crippen LogP contribution in [-0.2, 0) is 14.4 Å². The SMILES string of the molecule is CCC(CC)(CN1C(=O)CSCC1=O)C(=O)O. The van der Waals surface area contributed by atoms with Crippen LogP contribution >= 0.6 is 11.8 Å². The Morgan fingerprint density at radius 2 is 1.76 bits per heavy atom. The topological polar surface area (TPSA) is 74.7 Å². The first-order chi connectivity index (χ1) is 7.96. The van der Waals surface area contributed by atoms with Gasteiger partial charge in [0, 0.05) is 6.54 Å². The molecule has 96 valence electrons. The lowest BCUT2D eigenvalue weighted by molar-refractivity contribution is -0.154. The zero-order valence-corrected chi connectivity index (χ0v) is 10.9. The summed E-state index contributed by atoms with van der Waals surface area (Å²) in [7, 11) is 0. The smallest absolute Gasteiger partial charge is 0.311 e. The molecule has 0 bridgehead atoms. The van der Waals surface area contributed by atoms with E-state index in [2.05, 4.69) is 0 Å². The Bertz CT molecular complexity index is 322. The van der Waals surface area contributed by atoms with Gasteiger partial charge in [0.25, 0.3) is 0 Å². The molecule has 0 aromatic rings. The highest BCUT2D eigenvalue weighted by molar-refractivity contribution is 8.00. The summed E-state index contributed by atoms with van der Waals surface area (Å²) < 4.78 is 0. The first-order valence-electron chi connectivity index (χ1n) is 5.61. The molecule has 0 saturated carbocycles. The maximum atomic E-state index is 11.6. The Balaban J connectivity index is 2.89. The predicted molar refractivity (Wildman–Crippen MR) is 64.7 cm³/mol. The number of rotatable bonds is 5. The molecule has 0 atom stereocenters. The quantitative estimate of drug-likeness (QED) is 0.745. The number of hydrogen-bond donors (Lipinski definition) is 1. The van der Waals surface area contributed by atoms with Crippen molar-refractivity contribution in [1.29, 1.82) is 0 Å². The highest BCUT2D eigenvalue weighted by Crippen LogP contribution is 2.29. The number of carbonyl (C=O) groups is 3. The minimum atomic E-state index is -1.01. The van der Waals surface area contributed by atoms with Gasteiger partial charge in [0.15, 0.2) is 0 Å². The lowest BCUT2D eigenvalue weighted by Crippen LogP contribution is -2.50. The molecular formula is C11H17NO4S. The first-order valence-corrected chi connectivity index (χ1v) is 6.76. The Morgan fingerprint density at radius 1 is 1.29 bits per heavy atom. The number of thioether (sulfide) groups is 1. The Kier molecular flexibility index (Phi) is 4.56. The number of carbonyl (C=O) groups excluding carboxylic acids is 2. The standard InChI is InChI=1S/C11H17NO4S/c1-3-11(4-2,10(15)16)7-12-8(13)5-17-6-9(12)14/h3-7H2,1-2H3,(H,15,16). The van der Waals surface area contributed by atoms with Gasteiger partial charge < -0.3 is 5.11 Å². The third-order valence-electron chi connectivity index (χ3n) is 3.32. The van der Waals surface area contributed by atoms with Crippen LogP contribution in [0.15, 0.2) is 0 Å². The largest absolute Gasteiger partial charge is 0.481 e. The number of nitrogens with zero attached hydrogens (tertiary/aromatic N) is 1. The van der Waals surface area contributed by atoms with Crippen molar-refractivity contribution in [3.05, 3.63) is 0 Å². The van der Waals surface area contributed by atoms with Crippen molar-refractivity contribution in [2.75, 3.05) is 18.1 Å². The maximum Gasteiger partial charge on any atom is 0.311 e. The summed E-state index contributed by atoms with van der Waals surface area (Å²) in [5, 5.41) is 9.27. The first kappa shape index (κ1) is 14.0. The molecule has 17 heavy (non-hydrogen) atoms. The number of carboxylic acid groups (broad SMARTS) is 1. The van der Waals surface area contributed by atoms with Gasteiger partial charge in [0.05, 0.1) is 16.9 Å². The van der Waals surface area contributed by atoms with Gasteiger partial charge in [-0.2, -0.15) is 0 Å². The lowest BCUT2D eigenvalue weighted by atomic mass is 9.82. The summed E-state index contributed by atoms with van der Waals surface area (Å²) in [6, 6.07) is 0. The molecule has 2 amide bonds. The molecule has 0 aromatic carbocycles. The fraction of sp³-hybridized carbons (Fsp3) is 0.727. The van der Waals surface area contributed by atoms with E-state index in [4.69, 9.17) is 0 Å². The van der Waals surface area contributed by atoms with Crippen molar-refractivity contribution < 1.29 is 19.5 Å². The second-order valence-corrected chi connectivity index (χ2v) is 5.14. The van der Waals surface area contributed by atoms with E-state index in [0.717, 1.165) is 4.90 Å². The zero-order valence-electron chi connectivity index (χ0n) is 10.1. The van der Waals surface area contributed by atoms with Gasteiger partial charge in [-0.05, 0) is 12.8 Å². The van der Waals surface area contributed by atoms with Crippen molar-refractivity contribution in [2.45, 2.75) is 26.7 Å². The van der Waals surface area contributed by atoms with Crippen molar-refractivity contribution in [1.82, 2.24) is 4.90 Å². The van der Waals surface area contributed by atoms with E-state index in [9.17, 15) is 19.5 Å². The lowest BCUT2D eigenvalue weighted by Gasteiger charge is -2.34. The Morgan fingerprint density at radius 3 is 2.12 bits per heavy atom. The fourth-order valence-corrected chi connectivity index (χ4v) is 2.61. The molecule has 1 fully saturated rings. The molecular weight excluding hydrogens is 242 g/mol. The third kappa shape index (κ3) is 2.80. The van der Waals surface area contributed by atoms with Crippen molar-refractivity contribution in [2.24, 2.45) is 5.41 Å². The number of hydrogen-bond acceptors (Lipinski definition) is 4. The van der Waals surface area contributed by atoms with E-state index in [1.807, 2.05) is 0 Å². The van der Waals surface area contributed by atoms with Crippen LogP contribution in [-0.4, -0.2) is 45.8 Å². The van der Waals surface area contributed by atoms with E-state index < -0.39 is 11.4 Å². The van der Waals surface area contributed by atoms with Gasteiger partial charge in [-0.15, -0.1) is 11.8 Å². The van der Waals surface area contributed by atoms with E-state index >= 15 is 0 Å². The van der Waals surface area contributed by atoms with Gasteiger partial charge in [0.2, 0.25) is 11.8 Å². The van der Waals surface area contributed by atoms with Gasteiger partial charge in [-0.25, -0.2) is 0 Å². The van der Waals surface area contributed by atoms with Gasteiger partial charge in [-0.1, -0.05) is 13.8 Å². The van der Waals surface area contributed by atoms with Gasteiger partial charge in [-0.3, -0.25) is 19.3 Å². The van der Waals surface area contributed by atoms with Crippen LogP contribution < -0.4 is 0 Å². The molecule has 1 aliphatic heterocycles. The molecule has 0 radical (unpaired) electrons. The summed E-state index contributed by atoms with van der Waals surface area (Å²) in [5.41, 5.74) is -1.01. The fourth-order valence-electron chi connectivity index (χ4n) is 1.84. The average Bonchev–Trinajstić information content (AvgIpc) is 2.29. The van der Waals surface area contributed by atoms with Crippen molar-refractivity contribution >= 4 is 29.5 Å². The highest BCUT2D eigenvalue weighted by atomic mass is 32.2. The summed E-state index contributed by atoms with van der Waals surface area (Å²) in [4.78, 5) is 35.7. The van der Waals surface area contributed by atoms with E-state index in [1.54, 1.807) is 13.8 Å². The van der Waals surface area contributed by atoms with Crippen LogP contribution in [0, 0.1) is 5.41 Å². The van der Waals surface area contributed by atoms with E-state index in [0.29, 0.717) is 12.8 Å². The molecule has 1 N–H and O–H groups in total. The van der Waals surface area contributed by atoms with Crippen LogP contribution in [0.1, 0.15) is 26.7 Å². The van der Waals surface area contributed by atoms with E-state index in [-0.39, 0.29) is 29.9 Å². The van der Waals surface area contributed by atoms with Crippen LogP contribution in [0.5, 0.6) is 0 Å². The molecule has 0 aromatic heterocycles. The van der Waals surface area contributed by atoms with Gasteiger partial charge >= 0.3 is 5.97 Å². The second kappa shape index (κ2) is 5.53. The Labute approximate surface area is 105 Å². The summed E-state index contributed by atoms with van der Waals surface area (Å²) >= 11 is 1.28. The summed E-state index contributed by atoms with van der Waals surface area (Å²) in [6.45, 7) is 3.53. The Hall–Kier alpha value is -1.04. The number of aliphatic carboxylic acids is 1. The van der Waals surface area contributed by atoms with Crippen LogP contribution in [0.25, 0.3) is 0 Å². The zero-order chi connectivity index (χ0) is 13.1. The molecule has 0 unspecified atom stereocenters. The minimum Gasteiger partial charge on any atom is -0.481 e. The molecule has 1 rings (SSSR count). The highest BCUT2D eigenvalue weighted by Gasteiger charge is 2.40. The normalized spacial score (nSPS) is 17.4. The maximum absolute atomic E-state index is 11.6. The van der Waals surface area contributed by atoms with Crippen molar-refractivity contribution in [3.8, 4) is 0 Å². The molecule has 0 spiro atoms. The van der Waals surface area contributed by atoms with Gasteiger partial charge in [0.1, 0.15) is 0 Å². The molecule has 1 heterocycles. The number of amides is 2. The van der Waals surface area contributed by atoms with Crippen LogP contribution in [0.3, 0.4) is 0 Å². The van der Waals surface area contributed by atoms with E-state index in [1.165, 1.54) is 11.8 Å². The van der Waals surface area contributed by atoms with Crippen molar-refractivity contribution in [3.63, 3.8) is 0 Å². The molecule has 1 saturated heterocycles. The van der Waals surface area contributed by atoms with Crippen LogP contribution in [0.2, 0.25) is 0 Å². The molecule has 5 nitrogen and oxygen atoms in total. The summed E-state index contributed by atoms with van der Waals surface area (Å²) in [6.07, 6.45) is 0.812. The average molecular weight is 259 g/mol. The number of carboxylic acids is 1. The predicted octanol–water partition coefficient (Wildman–Crippen LogP) is 0.979. The summed E-state index contributed by atoms with van der Waals surface area (Å²) in [5.74, 6) is -0.983.